The van der Waals surface area contributed by atoms with Gasteiger partial charge in [0.1, 0.15) is 12.3 Å². The molecule has 1 saturated heterocycles. The number of carbonyl (C=O) groups is 2. The minimum absolute atomic E-state index is 0.0195. The van der Waals surface area contributed by atoms with Crippen LogP contribution in [0.4, 0.5) is 10.5 Å². The second kappa shape index (κ2) is 15.8. The summed E-state index contributed by atoms with van der Waals surface area (Å²) in [7, 11) is -3.80. The van der Waals surface area contributed by atoms with Crippen molar-refractivity contribution in [2.45, 2.75) is 57.7 Å². The molecule has 3 amide bonds. The van der Waals surface area contributed by atoms with Crippen LogP contribution in [-0.2, 0) is 32.6 Å². The molecule has 1 atom stereocenters. The molecule has 41 heavy (non-hydrogen) atoms. The van der Waals surface area contributed by atoms with Gasteiger partial charge < -0.3 is 25.4 Å². The number of carbonyl (C=O) groups excluding carboxylic acids is 2. The van der Waals surface area contributed by atoms with Crippen molar-refractivity contribution in [3.8, 4) is 5.75 Å². The number of urea groups is 1. The van der Waals surface area contributed by atoms with Gasteiger partial charge in [0, 0.05) is 25.3 Å². The van der Waals surface area contributed by atoms with Crippen molar-refractivity contribution < 1.29 is 38.1 Å². The van der Waals surface area contributed by atoms with Gasteiger partial charge in [0.2, 0.25) is 10.0 Å². The largest absolute Gasteiger partial charge is 0.508 e. The Labute approximate surface area is 241 Å². The second-order valence-electron chi connectivity index (χ2n) is 10.2. The molecule has 1 fully saturated rings. The van der Waals surface area contributed by atoms with E-state index in [-0.39, 0.29) is 12.4 Å². The molecule has 2 aromatic rings. The van der Waals surface area contributed by atoms with Gasteiger partial charge in [-0.3, -0.25) is 4.79 Å². The highest BCUT2D eigenvalue weighted by Crippen LogP contribution is 2.25. The average Bonchev–Trinajstić information content (AvgIpc) is 3.25. The molecule has 11 nitrogen and oxygen atoms in total. The van der Waals surface area contributed by atoms with E-state index < -0.39 is 34.6 Å². The first-order valence-corrected chi connectivity index (χ1v) is 15.8. The predicted molar refractivity (Wildman–Crippen MR) is 155 cm³/mol. The Hall–Kier alpha value is -3.03. The quantitative estimate of drug-likeness (QED) is 0.151. The van der Waals surface area contributed by atoms with Crippen LogP contribution in [0.5, 0.6) is 5.75 Å². The molecule has 1 aliphatic heterocycles. The third-order valence-corrected chi connectivity index (χ3v) is 7.98. The fraction of sp³-hybridized carbons (Fsp3) is 0.517. The smallest absolute Gasteiger partial charge is 0.345 e. The number of nitrogens with one attached hydrogen (secondary N) is 1. The van der Waals surface area contributed by atoms with Crippen LogP contribution in [0.15, 0.2) is 42.5 Å². The fourth-order valence-electron chi connectivity index (χ4n) is 4.58. The van der Waals surface area contributed by atoms with E-state index in [1.807, 2.05) is 6.07 Å². The summed E-state index contributed by atoms with van der Waals surface area (Å²) in [5, 5.41) is 32.4. The molecule has 0 radical (unpaired) electrons. The van der Waals surface area contributed by atoms with E-state index in [4.69, 9.17) is 4.74 Å². The molecule has 0 bridgehead atoms. The van der Waals surface area contributed by atoms with Crippen LogP contribution in [0.2, 0.25) is 0 Å². The van der Waals surface area contributed by atoms with Crippen LogP contribution in [0.1, 0.15) is 61.3 Å². The van der Waals surface area contributed by atoms with Gasteiger partial charge in [-0.25, -0.2) is 22.4 Å². The molecule has 0 saturated carbocycles. The molecule has 1 heterocycles. The standard InChI is InChI=1S/C29H41N3O8S/c1-41(38,39)31-20-28(36)32(29(31)37)25-11-8-10-22(17-25)9-4-7-16-40-15-6-3-2-5-14-30-19-27(35)23-12-13-26(34)24(18-23)21-33/h8,10-13,17-18,27,30,33-35H,2-7,9,14-16,19-21H2,1H3/t27-/m0/s1. The number of anilines is 1. The zero-order chi connectivity index (χ0) is 29.8. The highest BCUT2D eigenvalue weighted by atomic mass is 32.2. The predicted octanol–water partition coefficient (Wildman–Crippen LogP) is 2.84. The van der Waals surface area contributed by atoms with Crippen molar-refractivity contribution >= 4 is 27.6 Å². The fourth-order valence-corrected chi connectivity index (χ4v) is 5.29. The average molecular weight is 592 g/mol. The summed E-state index contributed by atoms with van der Waals surface area (Å²) in [5.74, 6) is -0.546. The molecule has 12 heteroatoms. The maximum Gasteiger partial charge on any atom is 0.345 e. The van der Waals surface area contributed by atoms with Crippen molar-refractivity contribution in [1.82, 2.24) is 9.62 Å². The summed E-state index contributed by atoms with van der Waals surface area (Å²) in [6, 6.07) is 10.9. The number of hydrogen-bond donors (Lipinski definition) is 4. The number of aliphatic hydroxyl groups excluding tert-OH is 2. The van der Waals surface area contributed by atoms with E-state index in [2.05, 4.69) is 5.32 Å². The lowest BCUT2D eigenvalue weighted by molar-refractivity contribution is -0.116. The zero-order valence-corrected chi connectivity index (χ0v) is 24.3. The topological polar surface area (TPSA) is 157 Å². The molecular formula is C29H41N3O8S. The molecule has 0 aromatic heterocycles. The third-order valence-electron chi connectivity index (χ3n) is 6.89. The number of unbranched alkanes of at least 4 members (excludes halogenated alkanes) is 4. The Kier molecular flexibility index (Phi) is 12.5. The number of hydrogen-bond acceptors (Lipinski definition) is 9. The molecule has 226 valence electrons. The van der Waals surface area contributed by atoms with Crippen LogP contribution < -0.4 is 10.2 Å². The zero-order valence-electron chi connectivity index (χ0n) is 23.5. The Balaban J connectivity index is 1.21. The van der Waals surface area contributed by atoms with Gasteiger partial charge in [-0.2, -0.15) is 0 Å². The van der Waals surface area contributed by atoms with Gasteiger partial charge >= 0.3 is 6.03 Å². The number of nitrogens with zero attached hydrogens (tertiary/aromatic N) is 2. The monoisotopic (exact) mass is 591 g/mol. The molecule has 0 unspecified atom stereocenters. The molecule has 0 aliphatic carbocycles. The molecule has 1 aliphatic rings. The molecular weight excluding hydrogens is 550 g/mol. The lowest BCUT2D eigenvalue weighted by Crippen LogP contribution is -2.36. The Morgan fingerprint density at radius 1 is 1.00 bits per heavy atom. The Bertz CT molecular complexity index is 1270. The van der Waals surface area contributed by atoms with Crippen molar-refractivity contribution in [2.75, 3.05) is 44.0 Å². The van der Waals surface area contributed by atoms with E-state index in [1.165, 1.54) is 6.07 Å². The van der Waals surface area contributed by atoms with Gasteiger partial charge in [0.05, 0.1) is 24.7 Å². The van der Waals surface area contributed by atoms with Gasteiger partial charge in [-0.15, -0.1) is 0 Å². The molecule has 2 aromatic carbocycles. The maximum absolute atomic E-state index is 12.5. The number of amides is 3. The number of ether oxygens (including phenoxy) is 1. The third kappa shape index (κ3) is 9.79. The highest BCUT2D eigenvalue weighted by Gasteiger charge is 2.41. The van der Waals surface area contributed by atoms with E-state index in [9.17, 15) is 33.3 Å². The first kappa shape index (κ1) is 32.5. The van der Waals surface area contributed by atoms with Crippen LogP contribution in [0.25, 0.3) is 0 Å². The number of sulfonamides is 1. The van der Waals surface area contributed by atoms with Crippen molar-refractivity contribution in [1.29, 1.82) is 0 Å². The van der Waals surface area contributed by atoms with E-state index >= 15 is 0 Å². The first-order chi connectivity index (χ1) is 19.6. The van der Waals surface area contributed by atoms with Gasteiger partial charge in [-0.05, 0) is 74.0 Å². The summed E-state index contributed by atoms with van der Waals surface area (Å²) in [5.41, 5.74) is 2.39. The molecule has 4 N–H and O–H groups in total. The Morgan fingerprint density at radius 3 is 2.44 bits per heavy atom. The number of rotatable bonds is 18. The number of aryl methyl sites for hydroxylation is 1. The lowest BCUT2D eigenvalue weighted by atomic mass is 10.1. The number of aliphatic hydroxyl groups is 2. The number of aromatic hydroxyl groups is 1. The van der Waals surface area contributed by atoms with Crippen molar-refractivity contribution in [3.05, 3.63) is 59.2 Å². The molecule has 0 spiro atoms. The van der Waals surface area contributed by atoms with Gasteiger partial charge in [0.15, 0.2) is 0 Å². The number of phenols is 1. The second-order valence-corrected chi connectivity index (χ2v) is 12.1. The van der Waals surface area contributed by atoms with Gasteiger partial charge in [0.25, 0.3) is 5.91 Å². The summed E-state index contributed by atoms with van der Waals surface area (Å²) < 4.78 is 29.8. The minimum Gasteiger partial charge on any atom is -0.508 e. The van der Waals surface area contributed by atoms with Crippen LogP contribution in [0.3, 0.4) is 0 Å². The SMILES string of the molecule is CS(=O)(=O)N1CC(=O)N(c2cccc(CCCCOCCCCCCNC[C@H](O)c3ccc(O)c(CO)c3)c2)C1=O. The van der Waals surface area contributed by atoms with Crippen LogP contribution >= 0.6 is 0 Å². The van der Waals surface area contributed by atoms with Crippen molar-refractivity contribution in [3.63, 3.8) is 0 Å². The van der Waals surface area contributed by atoms with E-state index in [1.54, 1.807) is 30.3 Å². The van der Waals surface area contributed by atoms with Crippen LogP contribution in [-0.4, -0.2) is 79.1 Å². The lowest BCUT2D eigenvalue weighted by Gasteiger charge is -2.16. The van der Waals surface area contributed by atoms with Crippen molar-refractivity contribution in [2.24, 2.45) is 0 Å². The van der Waals surface area contributed by atoms with Crippen LogP contribution in [0, 0.1) is 0 Å². The van der Waals surface area contributed by atoms with E-state index in [0.29, 0.717) is 40.9 Å². The normalized spacial score (nSPS) is 14.7. The first-order valence-electron chi connectivity index (χ1n) is 13.9. The van der Waals surface area contributed by atoms with Gasteiger partial charge in [-0.1, -0.05) is 31.0 Å². The van der Waals surface area contributed by atoms with E-state index in [0.717, 1.165) is 68.2 Å². The number of benzene rings is 2. The summed E-state index contributed by atoms with van der Waals surface area (Å²) in [4.78, 5) is 25.7. The summed E-state index contributed by atoms with van der Waals surface area (Å²) >= 11 is 0. The minimum atomic E-state index is -3.80. The molecule has 3 rings (SSSR count). The highest BCUT2D eigenvalue weighted by molar-refractivity contribution is 7.89. The summed E-state index contributed by atoms with van der Waals surface area (Å²) in [6.07, 6.45) is 6.79. The Morgan fingerprint density at radius 2 is 1.73 bits per heavy atom. The number of imide groups is 1. The maximum atomic E-state index is 12.5. The summed E-state index contributed by atoms with van der Waals surface area (Å²) in [6.45, 7) is 1.80.